The van der Waals surface area contributed by atoms with Gasteiger partial charge in [-0.25, -0.2) is 0 Å². The predicted molar refractivity (Wildman–Crippen MR) is 80.9 cm³/mol. The molecule has 1 aliphatic heterocycles. The highest BCUT2D eigenvalue weighted by Gasteiger charge is 2.27. The van der Waals surface area contributed by atoms with Gasteiger partial charge in [0.05, 0.1) is 33.5 Å². The molecule has 0 amide bonds. The molecule has 1 aromatic rings. The zero-order chi connectivity index (χ0) is 15.2. The third kappa shape index (κ3) is 3.87. The third-order valence-electron chi connectivity index (χ3n) is 4.23. The van der Waals surface area contributed by atoms with Crippen LogP contribution >= 0.6 is 0 Å². The molecule has 0 saturated carbocycles. The van der Waals surface area contributed by atoms with Crippen molar-refractivity contribution in [3.05, 3.63) is 23.8 Å². The first-order chi connectivity index (χ1) is 10.2. The first kappa shape index (κ1) is 16.1. The molecule has 0 aliphatic carbocycles. The molecule has 0 spiro atoms. The number of aliphatic hydroxyl groups is 2. The second-order valence-corrected chi connectivity index (χ2v) is 5.56. The number of likely N-dealkylation sites (tertiary alicyclic amines) is 1. The lowest BCUT2D eigenvalue weighted by molar-refractivity contribution is 0.0880. The fraction of sp³-hybridized carbons (Fsp3) is 0.625. The summed E-state index contributed by atoms with van der Waals surface area (Å²) in [4.78, 5) is 2.17. The van der Waals surface area contributed by atoms with Crippen LogP contribution in [0.15, 0.2) is 18.2 Å². The Labute approximate surface area is 126 Å². The van der Waals surface area contributed by atoms with Crippen LogP contribution in [0.3, 0.4) is 0 Å². The molecule has 5 nitrogen and oxygen atoms in total. The van der Waals surface area contributed by atoms with Crippen molar-refractivity contribution in [3.8, 4) is 11.5 Å². The van der Waals surface area contributed by atoms with Gasteiger partial charge in [0.25, 0.3) is 0 Å². The first-order valence-corrected chi connectivity index (χ1v) is 7.38. The summed E-state index contributed by atoms with van der Waals surface area (Å²) in [7, 11) is 3.28. The fourth-order valence-corrected chi connectivity index (χ4v) is 2.99. The zero-order valence-electron chi connectivity index (χ0n) is 12.8. The molecule has 1 aliphatic rings. The van der Waals surface area contributed by atoms with Crippen LogP contribution in [0.1, 0.15) is 12.0 Å². The molecule has 0 aromatic heterocycles. The molecule has 2 N–H and O–H groups in total. The van der Waals surface area contributed by atoms with Crippen molar-refractivity contribution in [1.82, 2.24) is 4.90 Å². The Morgan fingerprint density at radius 1 is 1.19 bits per heavy atom. The van der Waals surface area contributed by atoms with Crippen LogP contribution in [-0.4, -0.2) is 61.7 Å². The summed E-state index contributed by atoms with van der Waals surface area (Å²) in [6, 6.07) is 5.90. The van der Waals surface area contributed by atoms with Crippen LogP contribution in [0.4, 0.5) is 0 Å². The summed E-state index contributed by atoms with van der Waals surface area (Å²) < 4.78 is 10.6. The second-order valence-electron chi connectivity index (χ2n) is 5.56. The van der Waals surface area contributed by atoms with E-state index in [1.54, 1.807) is 14.2 Å². The molecule has 1 saturated heterocycles. The molecule has 1 heterocycles. The first-order valence-electron chi connectivity index (χ1n) is 7.38. The number of hydrogen-bond donors (Lipinski definition) is 2. The highest BCUT2D eigenvalue weighted by molar-refractivity contribution is 5.43. The summed E-state index contributed by atoms with van der Waals surface area (Å²) >= 11 is 0. The van der Waals surface area contributed by atoms with E-state index in [0.717, 1.165) is 37.4 Å². The predicted octanol–water partition coefficient (Wildman–Crippen LogP) is 0.921. The summed E-state index contributed by atoms with van der Waals surface area (Å²) in [5.41, 5.74) is 1.23. The molecule has 1 atom stereocenters. The van der Waals surface area contributed by atoms with Gasteiger partial charge in [-0.15, -0.1) is 0 Å². The van der Waals surface area contributed by atoms with Crippen molar-refractivity contribution in [1.29, 1.82) is 0 Å². The highest BCUT2D eigenvalue weighted by Crippen LogP contribution is 2.30. The topological polar surface area (TPSA) is 62.2 Å². The van der Waals surface area contributed by atoms with Crippen molar-refractivity contribution < 1.29 is 19.7 Å². The van der Waals surface area contributed by atoms with E-state index in [4.69, 9.17) is 9.47 Å². The summed E-state index contributed by atoms with van der Waals surface area (Å²) in [6.07, 6.45) is 2.06. The molecule has 118 valence electrons. The van der Waals surface area contributed by atoms with Gasteiger partial charge in [-0.1, -0.05) is 6.07 Å². The monoisotopic (exact) mass is 295 g/mol. The number of ether oxygens (including phenoxy) is 2. The molecule has 0 radical (unpaired) electrons. The Bertz CT molecular complexity index is 448. The van der Waals surface area contributed by atoms with Gasteiger partial charge in [-0.2, -0.15) is 0 Å². The molecule has 21 heavy (non-hydrogen) atoms. The lowest BCUT2D eigenvalue weighted by Gasteiger charge is -2.24. The number of hydrogen-bond acceptors (Lipinski definition) is 5. The average molecular weight is 295 g/mol. The van der Waals surface area contributed by atoms with E-state index in [9.17, 15) is 10.2 Å². The lowest BCUT2D eigenvalue weighted by Crippen LogP contribution is -2.39. The molecule has 1 aromatic carbocycles. The Kier molecular flexibility index (Phi) is 5.85. The maximum atomic E-state index is 9.26. The highest BCUT2D eigenvalue weighted by atomic mass is 16.5. The smallest absolute Gasteiger partial charge is 0.160 e. The summed E-state index contributed by atoms with van der Waals surface area (Å²) in [5.74, 6) is 2.05. The van der Waals surface area contributed by atoms with Gasteiger partial charge < -0.3 is 19.7 Å². The minimum Gasteiger partial charge on any atom is -0.493 e. The molecular formula is C16H25NO4. The van der Waals surface area contributed by atoms with Crippen LogP contribution < -0.4 is 9.47 Å². The average Bonchev–Trinajstić information content (AvgIpc) is 2.96. The fourth-order valence-electron chi connectivity index (χ4n) is 2.99. The van der Waals surface area contributed by atoms with Gasteiger partial charge in [0.1, 0.15) is 0 Å². The van der Waals surface area contributed by atoms with Crippen molar-refractivity contribution in [2.75, 3.05) is 40.5 Å². The molecule has 1 unspecified atom stereocenters. The summed E-state index contributed by atoms with van der Waals surface area (Å²) in [6.45, 7) is 1.88. The van der Waals surface area contributed by atoms with E-state index in [1.165, 1.54) is 5.56 Å². The molecule has 0 bridgehead atoms. The van der Waals surface area contributed by atoms with Gasteiger partial charge in [-0.3, -0.25) is 4.90 Å². The maximum absolute atomic E-state index is 9.26. The number of rotatable bonds is 7. The Morgan fingerprint density at radius 2 is 1.90 bits per heavy atom. The van der Waals surface area contributed by atoms with Gasteiger partial charge in [-0.05, 0) is 43.0 Å². The second kappa shape index (κ2) is 7.64. The number of benzene rings is 1. The van der Waals surface area contributed by atoms with Crippen molar-refractivity contribution >= 4 is 0 Å². The standard InChI is InChI=1S/C16H25NO4/c1-20-15-4-3-12(8-16(15)21-2)7-13-5-6-17(9-13)14(10-18)11-19/h3-4,8,13-14,18-19H,5-7,9-11H2,1-2H3. The van der Waals surface area contributed by atoms with Gasteiger partial charge in [0.2, 0.25) is 0 Å². The molecular weight excluding hydrogens is 270 g/mol. The van der Waals surface area contributed by atoms with Crippen LogP contribution in [0, 0.1) is 5.92 Å². The number of aliphatic hydroxyl groups excluding tert-OH is 2. The quantitative estimate of drug-likeness (QED) is 0.783. The van der Waals surface area contributed by atoms with Gasteiger partial charge in [0.15, 0.2) is 11.5 Å². The van der Waals surface area contributed by atoms with Crippen LogP contribution in [0.25, 0.3) is 0 Å². The largest absolute Gasteiger partial charge is 0.493 e. The minimum absolute atomic E-state index is 0.0135. The number of nitrogens with zero attached hydrogens (tertiary/aromatic N) is 1. The third-order valence-corrected chi connectivity index (χ3v) is 4.23. The Morgan fingerprint density at radius 3 is 2.52 bits per heavy atom. The zero-order valence-corrected chi connectivity index (χ0v) is 12.8. The van der Waals surface area contributed by atoms with Crippen LogP contribution in [0.5, 0.6) is 11.5 Å². The molecule has 5 heteroatoms. The van der Waals surface area contributed by atoms with E-state index in [-0.39, 0.29) is 19.3 Å². The molecule has 2 rings (SSSR count). The Balaban J connectivity index is 1.97. The minimum atomic E-state index is -0.125. The van der Waals surface area contributed by atoms with E-state index in [1.807, 2.05) is 12.1 Å². The lowest BCUT2D eigenvalue weighted by atomic mass is 9.98. The number of methoxy groups -OCH3 is 2. The van der Waals surface area contributed by atoms with Gasteiger partial charge >= 0.3 is 0 Å². The normalized spacial score (nSPS) is 19.2. The SMILES string of the molecule is COc1ccc(CC2CCN(C(CO)CO)C2)cc1OC. The Hall–Kier alpha value is -1.30. The summed E-state index contributed by atoms with van der Waals surface area (Å²) in [5, 5.41) is 18.5. The van der Waals surface area contributed by atoms with Gasteiger partial charge in [0, 0.05) is 6.54 Å². The van der Waals surface area contributed by atoms with Crippen LogP contribution in [0.2, 0.25) is 0 Å². The van der Waals surface area contributed by atoms with E-state index in [0.29, 0.717) is 5.92 Å². The van der Waals surface area contributed by atoms with Crippen molar-refractivity contribution in [2.24, 2.45) is 5.92 Å². The maximum Gasteiger partial charge on any atom is 0.160 e. The molecule has 1 fully saturated rings. The van der Waals surface area contributed by atoms with Crippen molar-refractivity contribution in [3.63, 3.8) is 0 Å². The van der Waals surface area contributed by atoms with E-state index < -0.39 is 0 Å². The van der Waals surface area contributed by atoms with E-state index in [2.05, 4.69) is 11.0 Å². The van der Waals surface area contributed by atoms with Crippen molar-refractivity contribution in [2.45, 2.75) is 18.9 Å². The van der Waals surface area contributed by atoms with Crippen LogP contribution in [-0.2, 0) is 6.42 Å². The van der Waals surface area contributed by atoms with E-state index >= 15 is 0 Å².